The van der Waals surface area contributed by atoms with E-state index in [1.165, 1.54) is 0 Å². The Morgan fingerprint density at radius 3 is 2.50 bits per heavy atom. The van der Waals surface area contributed by atoms with Crippen molar-refractivity contribution in [3.8, 4) is 0 Å². The minimum atomic E-state index is 0.111. The van der Waals surface area contributed by atoms with Gasteiger partial charge in [0.15, 0.2) is 0 Å². The number of pyridine rings is 1. The van der Waals surface area contributed by atoms with Crippen LogP contribution in [0.3, 0.4) is 0 Å². The smallest absolute Gasteiger partial charge is 0.131 e. The second-order valence-electron chi connectivity index (χ2n) is 4.25. The first-order valence-corrected chi connectivity index (χ1v) is 5.22. The molecule has 14 heavy (non-hydrogen) atoms. The topological polar surface area (TPSA) is 16.1 Å². The van der Waals surface area contributed by atoms with Gasteiger partial charge in [-0.2, -0.15) is 0 Å². The number of hydrogen-bond donors (Lipinski definition) is 0. The first-order chi connectivity index (χ1) is 6.45. The van der Waals surface area contributed by atoms with Gasteiger partial charge in [-0.15, -0.1) is 0 Å². The van der Waals surface area contributed by atoms with Crippen molar-refractivity contribution in [2.45, 2.75) is 33.2 Å². The highest BCUT2D eigenvalue weighted by molar-refractivity contribution is 6.29. The average Bonchev–Trinajstić information content (AvgIpc) is 2.02. The summed E-state index contributed by atoms with van der Waals surface area (Å²) >= 11 is 5.86. The molecule has 1 aromatic rings. The van der Waals surface area contributed by atoms with E-state index in [0.29, 0.717) is 5.15 Å². The minimum Gasteiger partial charge on any atom is -0.367 e. The van der Waals surface area contributed by atoms with E-state index in [1.807, 2.05) is 12.1 Å². The maximum atomic E-state index is 5.86. The van der Waals surface area contributed by atoms with Crippen molar-refractivity contribution in [1.29, 1.82) is 0 Å². The fourth-order valence-corrected chi connectivity index (χ4v) is 1.77. The van der Waals surface area contributed by atoms with E-state index < -0.39 is 0 Å². The lowest BCUT2D eigenvalue weighted by molar-refractivity contribution is 0.513. The molecule has 0 fully saturated rings. The largest absolute Gasteiger partial charge is 0.367 e. The zero-order valence-electron chi connectivity index (χ0n) is 9.21. The molecule has 0 saturated carbocycles. The molecule has 0 aromatic carbocycles. The molecule has 78 valence electrons. The Labute approximate surface area is 90.9 Å². The van der Waals surface area contributed by atoms with Gasteiger partial charge in [0.1, 0.15) is 5.15 Å². The van der Waals surface area contributed by atoms with Crippen LogP contribution in [0.4, 0.5) is 5.69 Å². The maximum Gasteiger partial charge on any atom is 0.131 e. The zero-order valence-corrected chi connectivity index (χ0v) is 9.97. The monoisotopic (exact) mass is 212 g/mol. The molecule has 0 saturated heterocycles. The lowest BCUT2D eigenvalue weighted by Gasteiger charge is -2.36. The van der Waals surface area contributed by atoms with E-state index in [9.17, 15) is 0 Å². The van der Waals surface area contributed by atoms with Gasteiger partial charge in [0.25, 0.3) is 0 Å². The molecule has 1 heterocycles. The van der Waals surface area contributed by atoms with Crippen LogP contribution in [-0.2, 0) is 0 Å². The van der Waals surface area contributed by atoms with E-state index in [2.05, 4.69) is 37.6 Å². The lowest BCUT2D eigenvalue weighted by Crippen LogP contribution is -2.41. The average molecular weight is 213 g/mol. The lowest BCUT2D eigenvalue weighted by atomic mass is 10.1. The van der Waals surface area contributed by atoms with Gasteiger partial charge >= 0.3 is 0 Å². The Morgan fingerprint density at radius 2 is 2.07 bits per heavy atom. The molecule has 0 unspecified atom stereocenters. The molecule has 3 heteroatoms. The molecular formula is C11H17ClN2. The van der Waals surface area contributed by atoms with Gasteiger partial charge < -0.3 is 4.90 Å². The minimum absolute atomic E-state index is 0.111. The second kappa shape index (κ2) is 4.18. The summed E-state index contributed by atoms with van der Waals surface area (Å²) in [5.74, 6) is 0. The second-order valence-corrected chi connectivity index (χ2v) is 4.64. The van der Waals surface area contributed by atoms with Crippen molar-refractivity contribution in [3.63, 3.8) is 0 Å². The van der Waals surface area contributed by atoms with Gasteiger partial charge in [-0.25, -0.2) is 4.98 Å². The summed E-state index contributed by atoms with van der Waals surface area (Å²) in [6, 6.07) is 3.89. The quantitative estimate of drug-likeness (QED) is 0.699. The van der Waals surface area contributed by atoms with Crippen LogP contribution in [0.25, 0.3) is 0 Å². The highest BCUT2D eigenvalue weighted by Gasteiger charge is 2.19. The summed E-state index contributed by atoms with van der Waals surface area (Å²) in [5.41, 5.74) is 1.24. The third-order valence-electron chi connectivity index (χ3n) is 2.15. The van der Waals surface area contributed by atoms with Gasteiger partial charge in [0.2, 0.25) is 0 Å². The van der Waals surface area contributed by atoms with E-state index in [0.717, 1.165) is 12.2 Å². The zero-order chi connectivity index (χ0) is 10.8. The fraction of sp³-hybridized carbons (Fsp3) is 0.545. The number of anilines is 1. The summed E-state index contributed by atoms with van der Waals surface area (Å²) in [6.07, 6.45) is 1.74. The van der Waals surface area contributed by atoms with Crippen LogP contribution in [0.5, 0.6) is 0 Å². The number of aromatic nitrogens is 1. The Balaban J connectivity index is 3.01. The molecule has 0 aliphatic rings. The van der Waals surface area contributed by atoms with Gasteiger partial charge in [-0.3, -0.25) is 0 Å². The van der Waals surface area contributed by atoms with Crippen LogP contribution >= 0.6 is 11.6 Å². The van der Waals surface area contributed by atoms with Gasteiger partial charge in [0, 0.05) is 24.0 Å². The SMILES string of the molecule is CCN(c1ccnc(Cl)c1)C(C)(C)C. The van der Waals surface area contributed by atoms with Crippen LogP contribution in [0.2, 0.25) is 5.15 Å². The van der Waals surface area contributed by atoms with Crippen molar-refractivity contribution in [2.75, 3.05) is 11.4 Å². The number of halogens is 1. The third kappa shape index (κ3) is 2.61. The standard InChI is InChI=1S/C11H17ClN2/c1-5-14(11(2,3)4)9-6-7-13-10(12)8-9/h6-8H,5H2,1-4H3. The molecule has 0 N–H and O–H groups in total. The van der Waals surface area contributed by atoms with E-state index in [4.69, 9.17) is 11.6 Å². The van der Waals surface area contributed by atoms with E-state index >= 15 is 0 Å². The molecule has 0 radical (unpaired) electrons. The fourth-order valence-electron chi connectivity index (χ4n) is 1.60. The maximum absolute atomic E-state index is 5.86. The van der Waals surface area contributed by atoms with Gasteiger partial charge in [-0.05, 0) is 39.8 Å². The van der Waals surface area contributed by atoms with Crippen molar-refractivity contribution >= 4 is 17.3 Å². The van der Waals surface area contributed by atoms with Crippen LogP contribution in [0.15, 0.2) is 18.3 Å². The molecule has 0 amide bonds. The summed E-state index contributed by atoms with van der Waals surface area (Å²) < 4.78 is 0. The van der Waals surface area contributed by atoms with Crippen molar-refractivity contribution in [3.05, 3.63) is 23.5 Å². The Morgan fingerprint density at radius 1 is 1.43 bits per heavy atom. The highest BCUT2D eigenvalue weighted by Crippen LogP contribution is 2.24. The molecule has 1 aromatic heterocycles. The summed E-state index contributed by atoms with van der Waals surface area (Å²) in [4.78, 5) is 6.27. The third-order valence-corrected chi connectivity index (χ3v) is 2.35. The van der Waals surface area contributed by atoms with E-state index in [1.54, 1.807) is 6.20 Å². The molecule has 2 nitrogen and oxygen atoms in total. The summed E-state index contributed by atoms with van der Waals surface area (Å²) in [5, 5.41) is 0.546. The highest BCUT2D eigenvalue weighted by atomic mass is 35.5. The first kappa shape index (κ1) is 11.3. The van der Waals surface area contributed by atoms with Crippen molar-refractivity contribution < 1.29 is 0 Å². The normalized spacial score (nSPS) is 11.5. The molecule has 1 rings (SSSR count). The summed E-state index contributed by atoms with van der Waals surface area (Å²) in [6.45, 7) is 9.66. The van der Waals surface area contributed by atoms with Crippen LogP contribution < -0.4 is 4.90 Å². The molecule has 0 spiro atoms. The van der Waals surface area contributed by atoms with Crippen LogP contribution in [0, 0.1) is 0 Å². The predicted molar refractivity (Wildman–Crippen MR) is 62.0 cm³/mol. The Bertz CT molecular complexity index is 304. The van der Waals surface area contributed by atoms with E-state index in [-0.39, 0.29) is 5.54 Å². The van der Waals surface area contributed by atoms with Gasteiger partial charge in [0.05, 0.1) is 0 Å². The van der Waals surface area contributed by atoms with Crippen molar-refractivity contribution in [2.24, 2.45) is 0 Å². The summed E-state index contributed by atoms with van der Waals surface area (Å²) in [7, 11) is 0. The molecule has 0 aliphatic heterocycles. The predicted octanol–water partition coefficient (Wildman–Crippen LogP) is 3.36. The van der Waals surface area contributed by atoms with Crippen LogP contribution in [0.1, 0.15) is 27.7 Å². The number of rotatable bonds is 2. The molecule has 0 atom stereocenters. The van der Waals surface area contributed by atoms with Gasteiger partial charge in [-0.1, -0.05) is 11.6 Å². The molecular weight excluding hydrogens is 196 g/mol. The Kier molecular flexibility index (Phi) is 3.38. The van der Waals surface area contributed by atoms with Crippen molar-refractivity contribution in [1.82, 2.24) is 4.98 Å². The number of hydrogen-bond acceptors (Lipinski definition) is 2. The Hall–Kier alpha value is -0.760. The molecule has 0 bridgehead atoms. The first-order valence-electron chi connectivity index (χ1n) is 4.84. The number of nitrogens with zero attached hydrogens (tertiary/aromatic N) is 2. The molecule has 0 aliphatic carbocycles. The van der Waals surface area contributed by atoms with Crippen LogP contribution in [-0.4, -0.2) is 17.1 Å².